The van der Waals surface area contributed by atoms with Crippen molar-refractivity contribution in [3.8, 4) is 5.75 Å². The summed E-state index contributed by atoms with van der Waals surface area (Å²) in [7, 11) is -2.01. The SMILES string of the molecule is COc1ccc(S(=O)(=O)N2CCCCC2)cc1CCC(=O)N[C@H](c1ccccc1)c1ccc(C)cc1. The summed E-state index contributed by atoms with van der Waals surface area (Å²) in [6, 6.07) is 22.7. The zero-order valence-electron chi connectivity index (χ0n) is 20.9. The molecule has 0 bridgehead atoms. The molecule has 1 amide bonds. The maximum absolute atomic E-state index is 13.2. The van der Waals surface area contributed by atoms with Gasteiger partial charge in [0.25, 0.3) is 0 Å². The molecule has 0 spiro atoms. The van der Waals surface area contributed by atoms with Crippen LogP contribution in [0.5, 0.6) is 5.75 Å². The first-order valence-corrected chi connectivity index (χ1v) is 13.9. The van der Waals surface area contributed by atoms with Crippen LogP contribution >= 0.6 is 0 Å². The number of nitrogens with one attached hydrogen (secondary N) is 1. The Labute approximate surface area is 214 Å². The van der Waals surface area contributed by atoms with Crippen LogP contribution < -0.4 is 10.1 Å². The molecule has 0 aromatic heterocycles. The lowest BCUT2D eigenvalue weighted by Crippen LogP contribution is -2.35. The first-order valence-electron chi connectivity index (χ1n) is 12.5. The van der Waals surface area contributed by atoms with Crippen molar-refractivity contribution in [2.24, 2.45) is 0 Å². The van der Waals surface area contributed by atoms with Gasteiger partial charge in [0, 0.05) is 19.5 Å². The van der Waals surface area contributed by atoms with Crippen LogP contribution in [0.4, 0.5) is 0 Å². The number of hydrogen-bond acceptors (Lipinski definition) is 4. The molecule has 36 heavy (non-hydrogen) atoms. The van der Waals surface area contributed by atoms with Crippen LogP contribution in [0.1, 0.15) is 54.0 Å². The maximum atomic E-state index is 13.2. The van der Waals surface area contributed by atoms with E-state index in [0.717, 1.165) is 36.0 Å². The van der Waals surface area contributed by atoms with E-state index < -0.39 is 10.0 Å². The van der Waals surface area contributed by atoms with Crippen LogP contribution in [0.3, 0.4) is 0 Å². The van der Waals surface area contributed by atoms with E-state index in [9.17, 15) is 13.2 Å². The second kappa shape index (κ2) is 11.7. The molecule has 6 nitrogen and oxygen atoms in total. The van der Waals surface area contributed by atoms with E-state index >= 15 is 0 Å². The molecule has 0 radical (unpaired) electrons. The lowest BCUT2D eigenvalue weighted by molar-refractivity contribution is -0.121. The highest BCUT2D eigenvalue weighted by molar-refractivity contribution is 7.89. The number of hydrogen-bond donors (Lipinski definition) is 1. The molecule has 3 aromatic carbocycles. The van der Waals surface area contributed by atoms with Gasteiger partial charge in [0.1, 0.15) is 5.75 Å². The van der Waals surface area contributed by atoms with Gasteiger partial charge in [-0.05, 0) is 61.1 Å². The van der Waals surface area contributed by atoms with Gasteiger partial charge in [-0.3, -0.25) is 4.79 Å². The lowest BCUT2D eigenvalue weighted by Gasteiger charge is -2.26. The van der Waals surface area contributed by atoms with Crippen LogP contribution in [0.2, 0.25) is 0 Å². The number of benzene rings is 3. The highest BCUT2D eigenvalue weighted by Gasteiger charge is 2.27. The smallest absolute Gasteiger partial charge is 0.243 e. The molecule has 0 aliphatic carbocycles. The average Bonchev–Trinajstić information content (AvgIpc) is 2.92. The number of carbonyl (C=O) groups is 1. The van der Waals surface area contributed by atoms with E-state index in [1.165, 1.54) is 0 Å². The molecule has 7 heteroatoms. The molecule has 1 N–H and O–H groups in total. The largest absolute Gasteiger partial charge is 0.496 e. The topological polar surface area (TPSA) is 75.7 Å². The first-order chi connectivity index (χ1) is 17.4. The molecule has 1 saturated heterocycles. The highest BCUT2D eigenvalue weighted by atomic mass is 32.2. The average molecular weight is 507 g/mol. The summed E-state index contributed by atoms with van der Waals surface area (Å²) in [5.74, 6) is 0.467. The Kier molecular flexibility index (Phi) is 8.44. The number of amides is 1. The Morgan fingerprint density at radius 1 is 0.944 bits per heavy atom. The van der Waals surface area contributed by atoms with Crippen LogP contribution in [-0.4, -0.2) is 38.8 Å². The van der Waals surface area contributed by atoms with Crippen LogP contribution in [-0.2, 0) is 21.2 Å². The van der Waals surface area contributed by atoms with Gasteiger partial charge in [0.05, 0.1) is 18.0 Å². The number of sulfonamides is 1. The third kappa shape index (κ3) is 6.15. The van der Waals surface area contributed by atoms with Crippen molar-refractivity contribution in [1.29, 1.82) is 0 Å². The van der Waals surface area contributed by atoms with Crippen LogP contribution in [0.25, 0.3) is 0 Å². The number of nitrogens with zero attached hydrogens (tertiary/aromatic N) is 1. The van der Waals surface area contributed by atoms with Crippen molar-refractivity contribution in [3.05, 3.63) is 95.1 Å². The molecule has 3 aromatic rings. The Bertz CT molecular complexity index is 1270. The molecule has 4 rings (SSSR count). The second-order valence-electron chi connectivity index (χ2n) is 9.26. The van der Waals surface area contributed by atoms with Crippen molar-refractivity contribution in [3.63, 3.8) is 0 Å². The molecule has 1 aliphatic heterocycles. The quantitative estimate of drug-likeness (QED) is 0.442. The van der Waals surface area contributed by atoms with Gasteiger partial charge in [-0.25, -0.2) is 8.42 Å². The molecular weight excluding hydrogens is 472 g/mol. The zero-order chi connectivity index (χ0) is 25.5. The van der Waals surface area contributed by atoms with Crippen LogP contribution in [0, 0.1) is 6.92 Å². The highest BCUT2D eigenvalue weighted by Crippen LogP contribution is 2.28. The molecule has 1 heterocycles. The Morgan fingerprint density at radius 2 is 1.61 bits per heavy atom. The van der Waals surface area contributed by atoms with Crippen molar-refractivity contribution in [2.75, 3.05) is 20.2 Å². The summed E-state index contributed by atoms with van der Waals surface area (Å²) >= 11 is 0. The van der Waals surface area contributed by atoms with Crippen molar-refractivity contribution in [1.82, 2.24) is 9.62 Å². The lowest BCUT2D eigenvalue weighted by atomic mass is 9.97. The van der Waals surface area contributed by atoms with Crippen molar-refractivity contribution in [2.45, 2.75) is 50.0 Å². The van der Waals surface area contributed by atoms with E-state index in [1.807, 2.05) is 61.5 Å². The third-order valence-corrected chi connectivity index (χ3v) is 8.57. The predicted octanol–water partition coefficient (Wildman–Crippen LogP) is 5.02. The van der Waals surface area contributed by atoms with E-state index in [2.05, 4.69) is 5.32 Å². The van der Waals surface area contributed by atoms with Gasteiger partial charge in [0.15, 0.2) is 0 Å². The fourth-order valence-electron chi connectivity index (χ4n) is 4.61. The summed E-state index contributed by atoms with van der Waals surface area (Å²) in [5, 5.41) is 3.17. The van der Waals surface area contributed by atoms with E-state index in [4.69, 9.17) is 4.74 Å². The number of methoxy groups -OCH3 is 1. The van der Waals surface area contributed by atoms with Gasteiger partial charge < -0.3 is 10.1 Å². The molecule has 1 aliphatic rings. The van der Waals surface area contributed by atoms with Gasteiger partial charge in [-0.1, -0.05) is 66.6 Å². The summed E-state index contributed by atoms with van der Waals surface area (Å²) < 4.78 is 33.4. The second-order valence-corrected chi connectivity index (χ2v) is 11.2. The minimum absolute atomic E-state index is 0.115. The molecule has 1 atom stereocenters. The number of piperidine rings is 1. The van der Waals surface area contributed by atoms with E-state index in [-0.39, 0.29) is 23.3 Å². The minimum atomic E-state index is -3.57. The molecule has 1 fully saturated rings. The van der Waals surface area contributed by atoms with Crippen molar-refractivity contribution >= 4 is 15.9 Å². The van der Waals surface area contributed by atoms with Gasteiger partial charge in [-0.2, -0.15) is 4.31 Å². The van der Waals surface area contributed by atoms with Crippen molar-refractivity contribution < 1.29 is 17.9 Å². The van der Waals surface area contributed by atoms with Gasteiger partial charge in [-0.15, -0.1) is 0 Å². The van der Waals surface area contributed by atoms with E-state index in [0.29, 0.717) is 30.8 Å². The Morgan fingerprint density at radius 3 is 2.28 bits per heavy atom. The summed E-state index contributed by atoms with van der Waals surface area (Å²) in [6.07, 6.45) is 3.39. The van der Waals surface area contributed by atoms with Crippen LogP contribution in [0.15, 0.2) is 77.7 Å². The molecule has 0 unspecified atom stereocenters. The number of aryl methyl sites for hydroxylation is 2. The number of carbonyl (C=O) groups excluding carboxylic acids is 1. The van der Waals surface area contributed by atoms with E-state index in [1.54, 1.807) is 29.6 Å². The fourth-order valence-corrected chi connectivity index (χ4v) is 6.18. The fraction of sp³-hybridized carbons (Fsp3) is 0.345. The Balaban J connectivity index is 1.50. The Hall–Kier alpha value is -3.16. The first kappa shape index (κ1) is 25.9. The molecule has 190 valence electrons. The zero-order valence-corrected chi connectivity index (χ0v) is 21.8. The third-order valence-electron chi connectivity index (χ3n) is 6.67. The summed E-state index contributed by atoms with van der Waals surface area (Å²) in [5.41, 5.74) is 3.87. The maximum Gasteiger partial charge on any atom is 0.243 e. The van der Waals surface area contributed by atoms with Gasteiger partial charge in [0.2, 0.25) is 15.9 Å². The summed E-state index contributed by atoms with van der Waals surface area (Å²) in [4.78, 5) is 13.3. The summed E-state index contributed by atoms with van der Waals surface area (Å²) in [6.45, 7) is 3.13. The normalized spacial score (nSPS) is 15.3. The standard InChI is InChI=1S/C29H34N2O4S/c1-22-11-13-24(14-12-22)29(23-9-5-3-6-10-23)30-28(32)18-15-25-21-26(16-17-27(25)35-2)36(33,34)31-19-7-4-8-20-31/h3,5-6,9-14,16-17,21,29H,4,7-8,15,18-20H2,1-2H3,(H,30,32)/t29-/m1/s1. The minimum Gasteiger partial charge on any atom is -0.496 e. The number of rotatable bonds is 9. The molecule has 0 saturated carbocycles. The monoisotopic (exact) mass is 506 g/mol. The van der Waals surface area contributed by atoms with Gasteiger partial charge >= 0.3 is 0 Å². The molecular formula is C29H34N2O4S. The number of ether oxygens (including phenoxy) is 1. The predicted molar refractivity (Wildman–Crippen MR) is 142 cm³/mol.